The average molecular weight is 277 g/mol. The van der Waals surface area contributed by atoms with Gasteiger partial charge in [-0.15, -0.1) is 0 Å². The Balaban J connectivity index is 0.00000172. The molecule has 20 heavy (non-hydrogen) atoms. The van der Waals surface area contributed by atoms with E-state index in [2.05, 4.69) is 25.2 Å². The molecule has 1 N–H and O–H groups in total. The van der Waals surface area contributed by atoms with Gasteiger partial charge in [0.15, 0.2) is 0 Å². The lowest BCUT2D eigenvalue weighted by Crippen LogP contribution is -2.12. The van der Waals surface area contributed by atoms with E-state index in [9.17, 15) is 4.79 Å². The Labute approximate surface area is 125 Å². The van der Waals surface area contributed by atoms with E-state index in [4.69, 9.17) is 0 Å². The number of hydrogen-bond acceptors (Lipinski definition) is 1. The van der Waals surface area contributed by atoms with E-state index in [1.54, 1.807) is 0 Å². The highest BCUT2D eigenvalue weighted by atomic mass is 16.1. The first-order valence-corrected chi connectivity index (χ1v) is 8.13. The summed E-state index contributed by atoms with van der Waals surface area (Å²) in [6.45, 7) is 10.3. The summed E-state index contributed by atoms with van der Waals surface area (Å²) in [5.41, 5.74) is 3.74. The van der Waals surface area contributed by atoms with Crippen LogP contribution in [0, 0.1) is 0 Å². The predicted octanol–water partition coefficient (Wildman–Crippen LogP) is 5.36. The maximum absolute atomic E-state index is 11.6. The van der Waals surface area contributed by atoms with Crippen LogP contribution in [-0.2, 0) is 17.6 Å². The number of benzene rings is 1. The third-order valence-electron chi connectivity index (χ3n) is 3.17. The largest absolute Gasteiger partial charge is 0.326 e. The van der Waals surface area contributed by atoms with Gasteiger partial charge in [-0.05, 0) is 36.5 Å². The molecule has 0 aliphatic heterocycles. The number of anilines is 1. The molecule has 0 heterocycles. The van der Waals surface area contributed by atoms with Crippen LogP contribution in [0.15, 0.2) is 18.2 Å². The first kappa shape index (κ1) is 18.7. The Morgan fingerprint density at radius 1 is 1.05 bits per heavy atom. The highest BCUT2D eigenvalue weighted by Gasteiger charge is 2.09. The standard InChI is InChI=1S/C16H25NO.C2H6/c1-4-7-11-14-13(9-5-2)10-8-12-15(14)17-16(18)6-3;1-2/h8,10,12H,4-7,9,11H2,1-3H3,(H,17,18);1-2H3. The van der Waals surface area contributed by atoms with E-state index < -0.39 is 0 Å². The van der Waals surface area contributed by atoms with Crippen LogP contribution in [0.2, 0.25) is 0 Å². The maximum Gasteiger partial charge on any atom is 0.224 e. The Morgan fingerprint density at radius 2 is 1.75 bits per heavy atom. The van der Waals surface area contributed by atoms with Crippen LogP contribution in [0.4, 0.5) is 5.69 Å². The number of carbonyl (C=O) groups is 1. The summed E-state index contributed by atoms with van der Waals surface area (Å²) >= 11 is 0. The first-order chi connectivity index (χ1) is 9.72. The molecular formula is C18H31NO. The Morgan fingerprint density at radius 3 is 2.30 bits per heavy atom. The van der Waals surface area contributed by atoms with Gasteiger partial charge in [-0.2, -0.15) is 0 Å². The van der Waals surface area contributed by atoms with Crippen molar-refractivity contribution in [3.63, 3.8) is 0 Å². The van der Waals surface area contributed by atoms with E-state index in [0.29, 0.717) is 6.42 Å². The van der Waals surface area contributed by atoms with Crippen molar-refractivity contribution < 1.29 is 4.79 Å². The van der Waals surface area contributed by atoms with Crippen molar-refractivity contribution in [3.8, 4) is 0 Å². The smallest absolute Gasteiger partial charge is 0.224 e. The molecule has 0 saturated heterocycles. The zero-order chi connectivity index (χ0) is 15.4. The summed E-state index contributed by atoms with van der Waals surface area (Å²) < 4.78 is 0. The zero-order valence-electron chi connectivity index (χ0n) is 13.9. The molecule has 0 unspecified atom stereocenters. The van der Waals surface area contributed by atoms with Crippen molar-refractivity contribution in [2.75, 3.05) is 5.32 Å². The normalized spacial score (nSPS) is 9.65. The minimum atomic E-state index is 0.0985. The molecule has 1 rings (SSSR count). The second kappa shape index (κ2) is 11.5. The van der Waals surface area contributed by atoms with Crippen molar-refractivity contribution in [1.82, 2.24) is 0 Å². The van der Waals surface area contributed by atoms with Gasteiger partial charge in [0, 0.05) is 12.1 Å². The molecule has 0 fully saturated rings. The van der Waals surface area contributed by atoms with Crippen LogP contribution in [-0.4, -0.2) is 5.91 Å². The number of carbonyl (C=O) groups excluding carboxylic acids is 1. The minimum absolute atomic E-state index is 0.0985. The minimum Gasteiger partial charge on any atom is -0.326 e. The molecule has 2 heteroatoms. The fourth-order valence-corrected chi connectivity index (χ4v) is 2.14. The number of nitrogens with one attached hydrogen (secondary N) is 1. The molecule has 0 aliphatic rings. The predicted molar refractivity (Wildman–Crippen MR) is 89.3 cm³/mol. The lowest BCUT2D eigenvalue weighted by atomic mass is 9.97. The Bertz CT molecular complexity index is 385. The first-order valence-electron chi connectivity index (χ1n) is 8.13. The lowest BCUT2D eigenvalue weighted by Gasteiger charge is -2.15. The topological polar surface area (TPSA) is 29.1 Å². The van der Waals surface area contributed by atoms with Gasteiger partial charge in [0.2, 0.25) is 5.91 Å². The molecule has 0 bridgehead atoms. The van der Waals surface area contributed by atoms with Crippen LogP contribution in [0.3, 0.4) is 0 Å². The summed E-state index contributed by atoms with van der Waals surface area (Å²) in [6, 6.07) is 6.26. The molecule has 1 aromatic carbocycles. The van der Waals surface area contributed by atoms with Gasteiger partial charge in [-0.25, -0.2) is 0 Å². The van der Waals surface area contributed by atoms with Crippen LogP contribution in [0.25, 0.3) is 0 Å². The number of unbranched alkanes of at least 4 members (excludes halogenated alkanes) is 1. The number of hydrogen-bond donors (Lipinski definition) is 1. The fraction of sp³-hybridized carbons (Fsp3) is 0.611. The monoisotopic (exact) mass is 277 g/mol. The van der Waals surface area contributed by atoms with Crippen LogP contribution in [0.5, 0.6) is 0 Å². The highest BCUT2D eigenvalue weighted by Crippen LogP contribution is 2.23. The quantitative estimate of drug-likeness (QED) is 0.714. The summed E-state index contributed by atoms with van der Waals surface area (Å²) in [5.74, 6) is 0.0985. The molecule has 114 valence electrons. The summed E-state index contributed by atoms with van der Waals surface area (Å²) in [6.07, 6.45) is 6.19. The Hall–Kier alpha value is -1.31. The molecule has 2 nitrogen and oxygen atoms in total. The molecule has 0 atom stereocenters. The summed E-state index contributed by atoms with van der Waals surface area (Å²) in [4.78, 5) is 11.6. The lowest BCUT2D eigenvalue weighted by molar-refractivity contribution is -0.115. The molecule has 0 aliphatic carbocycles. The van der Waals surface area contributed by atoms with Gasteiger partial charge in [0.05, 0.1) is 0 Å². The third kappa shape index (κ3) is 6.23. The Kier molecular flexibility index (Phi) is 10.8. The van der Waals surface area contributed by atoms with E-state index in [0.717, 1.165) is 24.9 Å². The SMILES string of the molecule is CC.CCCCc1c(CCC)cccc1NC(=O)CC. The third-order valence-corrected chi connectivity index (χ3v) is 3.17. The van der Waals surface area contributed by atoms with Gasteiger partial charge in [0.25, 0.3) is 0 Å². The second-order valence-corrected chi connectivity index (χ2v) is 4.70. The number of aryl methyl sites for hydroxylation is 1. The molecule has 1 amide bonds. The van der Waals surface area contributed by atoms with E-state index in [1.807, 2.05) is 32.9 Å². The van der Waals surface area contributed by atoms with Gasteiger partial charge >= 0.3 is 0 Å². The van der Waals surface area contributed by atoms with Crippen molar-refractivity contribution in [1.29, 1.82) is 0 Å². The molecule has 0 radical (unpaired) electrons. The number of amides is 1. The van der Waals surface area contributed by atoms with Crippen molar-refractivity contribution in [2.45, 2.75) is 73.1 Å². The van der Waals surface area contributed by atoms with Crippen LogP contribution < -0.4 is 5.32 Å². The average Bonchev–Trinajstić information content (AvgIpc) is 2.49. The van der Waals surface area contributed by atoms with Crippen LogP contribution >= 0.6 is 0 Å². The summed E-state index contributed by atoms with van der Waals surface area (Å²) in [5, 5.41) is 3.03. The number of rotatable bonds is 7. The van der Waals surface area contributed by atoms with Gasteiger partial charge in [-0.3, -0.25) is 4.79 Å². The van der Waals surface area contributed by atoms with E-state index >= 15 is 0 Å². The van der Waals surface area contributed by atoms with Gasteiger partial charge in [-0.1, -0.05) is 59.6 Å². The fourth-order valence-electron chi connectivity index (χ4n) is 2.14. The van der Waals surface area contributed by atoms with E-state index in [-0.39, 0.29) is 5.91 Å². The van der Waals surface area contributed by atoms with Gasteiger partial charge in [0.1, 0.15) is 0 Å². The second-order valence-electron chi connectivity index (χ2n) is 4.70. The highest BCUT2D eigenvalue weighted by molar-refractivity contribution is 5.91. The molecule has 1 aromatic rings. The van der Waals surface area contributed by atoms with Crippen molar-refractivity contribution >= 4 is 11.6 Å². The van der Waals surface area contributed by atoms with Crippen molar-refractivity contribution in [2.24, 2.45) is 0 Å². The zero-order valence-corrected chi connectivity index (χ0v) is 13.9. The maximum atomic E-state index is 11.6. The van der Waals surface area contributed by atoms with Crippen molar-refractivity contribution in [3.05, 3.63) is 29.3 Å². The van der Waals surface area contributed by atoms with Crippen LogP contribution in [0.1, 0.15) is 71.4 Å². The summed E-state index contributed by atoms with van der Waals surface area (Å²) in [7, 11) is 0. The molecule has 0 saturated carbocycles. The van der Waals surface area contributed by atoms with Gasteiger partial charge < -0.3 is 5.32 Å². The molecule has 0 spiro atoms. The molecule has 0 aromatic heterocycles. The van der Waals surface area contributed by atoms with E-state index in [1.165, 1.54) is 24.0 Å². The molecular weight excluding hydrogens is 246 g/mol.